The van der Waals surface area contributed by atoms with Gasteiger partial charge in [0.1, 0.15) is 5.75 Å². The molecule has 1 aliphatic rings. The fourth-order valence-electron chi connectivity index (χ4n) is 1.82. The Kier molecular flexibility index (Phi) is 3.78. The van der Waals surface area contributed by atoms with Crippen molar-refractivity contribution >= 4 is 12.4 Å². The van der Waals surface area contributed by atoms with Crippen LogP contribution >= 0.6 is 12.4 Å². The van der Waals surface area contributed by atoms with E-state index < -0.39 is 0 Å². The van der Waals surface area contributed by atoms with Crippen molar-refractivity contribution in [2.24, 2.45) is 0 Å². The Bertz CT molecular complexity index is 314. The molecule has 1 aromatic carbocycles. The van der Waals surface area contributed by atoms with Crippen LogP contribution in [0.2, 0.25) is 0 Å². The average molecular weight is 214 g/mol. The summed E-state index contributed by atoms with van der Waals surface area (Å²) < 4.78 is 0. The Morgan fingerprint density at radius 2 is 1.79 bits per heavy atom. The standard InChI is InChI=1S/C11H15NO.ClH/c1-12-6-4-9-2-3-11(13)8-10(9)5-7-12;/h2-3,8,13H,4-7H2,1H3;1H. The topological polar surface area (TPSA) is 23.5 Å². The van der Waals surface area contributed by atoms with E-state index in [1.165, 1.54) is 11.1 Å². The number of hydrogen-bond acceptors (Lipinski definition) is 2. The third-order valence-electron chi connectivity index (χ3n) is 2.72. The van der Waals surface area contributed by atoms with E-state index in [4.69, 9.17) is 0 Å². The first kappa shape index (κ1) is 11.3. The number of rotatable bonds is 0. The highest BCUT2D eigenvalue weighted by atomic mass is 35.5. The molecule has 0 unspecified atom stereocenters. The zero-order chi connectivity index (χ0) is 9.26. The lowest BCUT2D eigenvalue weighted by atomic mass is 10.0. The molecule has 1 heterocycles. The summed E-state index contributed by atoms with van der Waals surface area (Å²) in [5, 5.41) is 9.33. The molecule has 0 fully saturated rings. The van der Waals surface area contributed by atoms with Gasteiger partial charge in [0.25, 0.3) is 0 Å². The predicted octanol–water partition coefficient (Wildman–Crippen LogP) is 1.84. The molecule has 1 aromatic rings. The molecule has 14 heavy (non-hydrogen) atoms. The summed E-state index contributed by atoms with van der Waals surface area (Å²) in [5.41, 5.74) is 2.70. The van der Waals surface area contributed by atoms with Crippen molar-refractivity contribution in [3.8, 4) is 5.75 Å². The maximum Gasteiger partial charge on any atom is 0.115 e. The maximum absolute atomic E-state index is 9.33. The molecule has 0 radical (unpaired) electrons. The third kappa shape index (κ3) is 2.40. The van der Waals surface area contributed by atoms with E-state index in [-0.39, 0.29) is 12.4 Å². The van der Waals surface area contributed by atoms with Gasteiger partial charge in [-0.1, -0.05) is 6.07 Å². The van der Waals surface area contributed by atoms with Gasteiger partial charge in [0.05, 0.1) is 0 Å². The van der Waals surface area contributed by atoms with Crippen molar-refractivity contribution in [3.63, 3.8) is 0 Å². The van der Waals surface area contributed by atoms with Crippen LogP contribution in [-0.2, 0) is 12.8 Å². The second kappa shape index (κ2) is 4.67. The molecule has 2 rings (SSSR count). The van der Waals surface area contributed by atoms with Gasteiger partial charge in [0, 0.05) is 13.1 Å². The highest BCUT2D eigenvalue weighted by Gasteiger charge is 2.10. The van der Waals surface area contributed by atoms with Gasteiger partial charge in [-0.2, -0.15) is 0 Å². The van der Waals surface area contributed by atoms with Crippen molar-refractivity contribution < 1.29 is 5.11 Å². The maximum atomic E-state index is 9.33. The number of benzene rings is 1. The van der Waals surface area contributed by atoms with Crippen LogP contribution in [0, 0.1) is 0 Å². The Balaban J connectivity index is 0.000000980. The van der Waals surface area contributed by atoms with Gasteiger partial charge in [0.2, 0.25) is 0 Å². The van der Waals surface area contributed by atoms with E-state index in [0.717, 1.165) is 25.9 Å². The summed E-state index contributed by atoms with van der Waals surface area (Å²) in [5.74, 6) is 0.392. The molecule has 0 aliphatic carbocycles. The van der Waals surface area contributed by atoms with Gasteiger partial charge in [-0.25, -0.2) is 0 Å². The van der Waals surface area contributed by atoms with Crippen molar-refractivity contribution in [2.45, 2.75) is 12.8 Å². The lowest BCUT2D eigenvalue weighted by molar-refractivity contribution is 0.352. The molecule has 0 spiro atoms. The Morgan fingerprint density at radius 3 is 2.50 bits per heavy atom. The summed E-state index contributed by atoms with van der Waals surface area (Å²) in [6.07, 6.45) is 2.16. The van der Waals surface area contributed by atoms with Crippen LogP contribution in [0.3, 0.4) is 0 Å². The molecule has 78 valence electrons. The number of halogens is 1. The number of nitrogens with zero attached hydrogens (tertiary/aromatic N) is 1. The van der Waals surface area contributed by atoms with Crippen LogP contribution < -0.4 is 0 Å². The lowest BCUT2D eigenvalue weighted by Crippen LogP contribution is -2.20. The normalized spacial score (nSPS) is 16.6. The monoisotopic (exact) mass is 213 g/mol. The van der Waals surface area contributed by atoms with Crippen LogP contribution in [-0.4, -0.2) is 30.1 Å². The summed E-state index contributed by atoms with van der Waals surface area (Å²) >= 11 is 0. The minimum absolute atomic E-state index is 0. The third-order valence-corrected chi connectivity index (χ3v) is 2.72. The first-order valence-corrected chi connectivity index (χ1v) is 4.75. The minimum atomic E-state index is 0. The first-order chi connectivity index (χ1) is 6.25. The molecule has 0 saturated carbocycles. The smallest absolute Gasteiger partial charge is 0.115 e. The molecule has 0 saturated heterocycles. The van der Waals surface area contributed by atoms with E-state index in [2.05, 4.69) is 11.9 Å². The van der Waals surface area contributed by atoms with Crippen LogP contribution in [0.1, 0.15) is 11.1 Å². The molecule has 0 bridgehead atoms. The number of hydrogen-bond donors (Lipinski definition) is 1. The molecule has 0 atom stereocenters. The van der Waals surface area contributed by atoms with Gasteiger partial charge >= 0.3 is 0 Å². The fourth-order valence-corrected chi connectivity index (χ4v) is 1.82. The number of phenolic OH excluding ortho intramolecular Hbond substituents is 1. The lowest BCUT2D eigenvalue weighted by Gasteiger charge is -2.10. The van der Waals surface area contributed by atoms with Crippen molar-refractivity contribution in [1.29, 1.82) is 0 Å². The Hall–Kier alpha value is -0.730. The largest absolute Gasteiger partial charge is 0.508 e. The minimum Gasteiger partial charge on any atom is -0.508 e. The van der Waals surface area contributed by atoms with Gasteiger partial charge in [0.15, 0.2) is 0 Å². The molecule has 3 heteroatoms. The van der Waals surface area contributed by atoms with E-state index in [9.17, 15) is 5.11 Å². The molecule has 1 N–H and O–H groups in total. The molecule has 0 aromatic heterocycles. The summed E-state index contributed by atoms with van der Waals surface area (Å²) in [7, 11) is 2.14. The zero-order valence-corrected chi connectivity index (χ0v) is 9.18. The van der Waals surface area contributed by atoms with Crippen LogP contribution in [0.25, 0.3) is 0 Å². The van der Waals surface area contributed by atoms with Gasteiger partial charge < -0.3 is 10.0 Å². The highest BCUT2D eigenvalue weighted by molar-refractivity contribution is 5.85. The average Bonchev–Trinajstić information content (AvgIpc) is 2.29. The van der Waals surface area contributed by atoms with Crippen molar-refractivity contribution in [1.82, 2.24) is 4.90 Å². The van der Waals surface area contributed by atoms with Crippen molar-refractivity contribution in [2.75, 3.05) is 20.1 Å². The molecular weight excluding hydrogens is 198 g/mol. The van der Waals surface area contributed by atoms with Crippen LogP contribution in [0.5, 0.6) is 5.75 Å². The first-order valence-electron chi connectivity index (χ1n) is 4.75. The summed E-state index contributed by atoms with van der Waals surface area (Å²) in [6.45, 7) is 2.22. The van der Waals surface area contributed by atoms with Gasteiger partial charge in [-0.3, -0.25) is 0 Å². The van der Waals surface area contributed by atoms with Gasteiger partial charge in [-0.05, 0) is 43.1 Å². The second-order valence-electron chi connectivity index (χ2n) is 3.76. The van der Waals surface area contributed by atoms with Gasteiger partial charge in [-0.15, -0.1) is 12.4 Å². The van der Waals surface area contributed by atoms with Crippen LogP contribution in [0.15, 0.2) is 18.2 Å². The molecule has 1 aliphatic heterocycles. The Morgan fingerprint density at radius 1 is 1.14 bits per heavy atom. The highest BCUT2D eigenvalue weighted by Crippen LogP contribution is 2.20. The molecule has 2 nitrogen and oxygen atoms in total. The summed E-state index contributed by atoms with van der Waals surface area (Å²) in [4.78, 5) is 2.33. The van der Waals surface area contributed by atoms with E-state index in [1.807, 2.05) is 12.1 Å². The van der Waals surface area contributed by atoms with E-state index in [0.29, 0.717) is 5.75 Å². The van der Waals surface area contributed by atoms with Crippen molar-refractivity contribution in [3.05, 3.63) is 29.3 Å². The fraction of sp³-hybridized carbons (Fsp3) is 0.455. The zero-order valence-electron chi connectivity index (χ0n) is 8.36. The molecule has 0 amide bonds. The number of likely N-dealkylation sites (N-methyl/N-ethyl adjacent to an activating group) is 1. The number of aromatic hydroxyl groups is 1. The summed E-state index contributed by atoms with van der Waals surface area (Å²) in [6, 6.07) is 5.72. The predicted molar refractivity (Wildman–Crippen MR) is 60.3 cm³/mol. The number of phenols is 1. The number of fused-ring (bicyclic) bond motifs is 1. The second-order valence-corrected chi connectivity index (χ2v) is 3.76. The SMILES string of the molecule is CN1CCc2ccc(O)cc2CC1.Cl. The Labute approximate surface area is 91.0 Å². The van der Waals surface area contributed by atoms with E-state index in [1.54, 1.807) is 6.07 Å². The van der Waals surface area contributed by atoms with Crippen LogP contribution in [0.4, 0.5) is 0 Å². The quantitative estimate of drug-likeness (QED) is 0.711. The molecular formula is C11H16ClNO. The van der Waals surface area contributed by atoms with E-state index >= 15 is 0 Å².